The fraction of sp³-hybridized carbons (Fsp3) is 0.733. The number of para-hydroxylation sites is 1. The first-order chi connectivity index (χ1) is 17.9. The molecule has 3 aliphatic heterocycles. The van der Waals surface area contributed by atoms with Gasteiger partial charge in [0.15, 0.2) is 0 Å². The van der Waals surface area contributed by atoms with Crippen LogP contribution in [0.5, 0.6) is 0 Å². The third-order valence-corrected chi connectivity index (χ3v) is 8.65. The van der Waals surface area contributed by atoms with Crippen LogP contribution < -0.4 is 4.90 Å². The quantitative estimate of drug-likeness (QED) is 0.583. The summed E-state index contributed by atoms with van der Waals surface area (Å²) in [7, 11) is 2.15. The highest BCUT2D eigenvalue weighted by Crippen LogP contribution is 2.31. The van der Waals surface area contributed by atoms with E-state index in [0.717, 1.165) is 69.9 Å². The second kappa shape index (κ2) is 13.2. The SMILES string of the molecule is CCC(=O)N1CCC2CCCC(CN(C(=O)CN3CCN(C)CC3)Cc3ccccc31)N2CCC(C)C. The van der Waals surface area contributed by atoms with Crippen LogP contribution in [0.4, 0.5) is 5.69 Å². The molecule has 2 unspecified atom stereocenters. The van der Waals surface area contributed by atoms with Crippen molar-refractivity contribution in [2.45, 2.75) is 77.9 Å². The monoisotopic (exact) mass is 511 g/mol. The Bertz CT molecular complexity index is 898. The van der Waals surface area contributed by atoms with E-state index in [4.69, 9.17) is 0 Å². The number of piperazine rings is 1. The smallest absolute Gasteiger partial charge is 0.237 e. The Hall–Kier alpha value is -1.96. The van der Waals surface area contributed by atoms with E-state index in [2.05, 4.69) is 52.6 Å². The molecule has 0 radical (unpaired) electrons. The van der Waals surface area contributed by atoms with Crippen molar-refractivity contribution in [1.29, 1.82) is 0 Å². The number of nitrogens with zero attached hydrogens (tertiary/aromatic N) is 5. The Balaban J connectivity index is 1.65. The van der Waals surface area contributed by atoms with Crippen molar-refractivity contribution in [3.8, 4) is 0 Å². The Kier molecular flexibility index (Phi) is 10.0. The molecule has 0 aliphatic carbocycles. The van der Waals surface area contributed by atoms with Crippen molar-refractivity contribution in [1.82, 2.24) is 19.6 Å². The van der Waals surface area contributed by atoms with Crippen LogP contribution in [-0.4, -0.2) is 103 Å². The summed E-state index contributed by atoms with van der Waals surface area (Å²) in [4.78, 5) is 38.5. The molecule has 0 aromatic heterocycles. The first-order valence-corrected chi connectivity index (χ1v) is 14.7. The number of carbonyl (C=O) groups is 2. The van der Waals surface area contributed by atoms with Crippen molar-refractivity contribution in [3.05, 3.63) is 29.8 Å². The lowest BCUT2D eigenvalue weighted by atomic mass is 9.92. The van der Waals surface area contributed by atoms with Crippen LogP contribution in [-0.2, 0) is 16.1 Å². The standard InChI is InChI=1S/C30H49N5O2/c1-5-29(36)35-16-14-26-10-8-11-27(34(26)15-13-24(2)3)22-33(21-25-9-6-7-12-28(25)35)30(37)23-32-19-17-31(4)18-20-32/h6-7,9,12,24,26-27H,5,8,10-11,13-23H2,1-4H3. The first kappa shape index (κ1) is 28.1. The van der Waals surface area contributed by atoms with Crippen LogP contribution in [0.15, 0.2) is 24.3 Å². The van der Waals surface area contributed by atoms with Gasteiger partial charge in [-0.25, -0.2) is 0 Å². The zero-order chi connectivity index (χ0) is 26.4. The van der Waals surface area contributed by atoms with Gasteiger partial charge in [-0.2, -0.15) is 0 Å². The van der Waals surface area contributed by atoms with E-state index in [-0.39, 0.29) is 11.8 Å². The molecule has 0 N–H and O–H groups in total. The van der Waals surface area contributed by atoms with Gasteiger partial charge < -0.3 is 14.7 Å². The number of anilines is 1. The van der Waals surface area contributed by atoms with Crippen LogP contribution >= 0.6 is 0 Å². The Morgan fingerprint density at radius 3 is 2.41 bits per heavy atom. The van der Waals surface area contributed by atoms with E-state index in [1.54, 1.807) is 0 Å². The summed E-state index contributed by atoms with van der Waals surface area (Å²) in [6.45, 7) is 14.1. The maximum absolute atomic E-state index is 13.9. The summed E-state index contributed by atoms with van der Waals surface area (Å²) in [5, 5.41) is 0. The summed E-state index contributed by atoms with van der Waals surface area (Å²) >= 11 is 0. The highest BCUT2D eigenvalue weighted by Gasteiger charge is 2.35. The minimum Gasteiger partial charge on any atom is -0.336 e. The molecule has 4 rings (SSSR count). The topological polar surface area (TPSA) is 50.3 Å². The molecule has 7 nitrogen and oxygen atoms in total. The molecule has 2 amide bonds. The Labute approximate surface area is 224 Å². The normalized spacial score (nSPS) is 24.6. The predicted octanol–water partition coefficient (Wildman–Crippen LogP) is 3.68. The number of benzene rings is 1. The minimum absolute atomic E-state index is 0.170. The van der Waals surface area contributed by atoms with Crippen LogP contribution in [0.2, 0.25) is 0 Å². The van der Waals surface area contributed by atoms with Crippen molar-refractivity contribution in [2.75, 3.05) is 64.3 Å². The van der Waals surface area contributed by atoms with Crippen LogP contribution in [0.3, 0.4) is 0 Å². The minimum atomic E-state index is 0.170. The van der Waals surface area contributed by atoms with Crippen LogP contribution in [0, 0.1) is 5.92 Å². The molecule has 1 aromatic rings. The lowest BCUT2D eigenvalue weighted by Crippen LogP contribution is -2.54. The van der Waals surface area contributed by atoms with Gasteiger partial charge in [0.25, 0.3) is 0 Å². The fourth-order valence-electron chi connectivity index (χ4n) is 6.27. The maximum atomic E-state index is 13.9. The lowest BCUT2D eigenvalue weighted by Gasteiger charge is -2.44. The summed E-state index contributed by atoms with van der Waals surface area (Å²) in [6.07, 6.45) is 6.17. The van der Waals surface area contributed by atoms with Crippen LogP contribution in [0.25, 0.3) is 0 Å². The van der Waals surface area contributed by atoms with Crippen molar-refractivity contribution in [3.63, 3.8) is 0 Å². The molecule has 2 bridgehead atoms. The largest absolute Gasteiger partial charge is 0.336 e. The fourth-order valence-corrected chi connectivity index (χ4v) is 6.27. The molecule has 0 saturated carbocycles. The molecule has 7 heteroatoms. The summed E-state index contributed by atoms with van der Waals surface area (Å²) in [6, 6.07) is 9.11. The van der Waals surface area contributed by atoms with Gasteiger partial charge in [0.2, 0.25) is 11.8 Å². The van der Waals surface area contributed by atoms with Gasteiger partial charge in [0, 0.05) is 70.0 Å². The second-order valence-electron chi connectivity index (χ2n) is 11.8. The second-order valence-corrected chi connectivity index (χ2v) is 11.8. The van der Waals surface area contributed by atoms with E-state index in [0.29, 0.717) is 37.5 Å². The highest BCUT2D eigenvalue weighted by molar-refractivity contribution is 5.94. The van der Waals surface area contributed by atoms with Crippen LogP contribution in [0.1, 0.15) is 64.9 Å². The molecule has 2 saturated heterocycles. The van der Waals surface area contributed by atoms with Gasteiger partial charge in [-0.1, -0.05) is 45.4 Å². The summed E-state index contributed by atoms with van der Waals surface area (Å²) in [5.41, 5.74) is 2.07. The van der Waals surface area contributed by atoms with Gasteiger partial charge in [-0.15, -0.1) is 0 Å². The predicted molar refractivity (Wildman–Crippen MR) is 151 cm³/mol. The van der Waals surface area contributed by atoms with E-state index < -0.39 is 0 Å². The average molecular weight is 512 g/mol. The Morgan fingerprint density at radius 1 is 0.946 bits per heavy atom. The number of carbonyl (C=O) groups excluding carboxylic acids is 2. The van der Waals surface area contributed by atoms with Gasteiger partial charge >= 0.3 is 0 Å². The van der Waals surface area contributed by atoms with Crippen molar-refractivity contribution >= 4 is 17.5 Å². The van der Waals surface area contributed by atoms with E-state index in [1.807, 2.05) is 24.0 Å². The zero-order valence-corrected chi connectivity index (χ0v) is 23.7. The van der Waals surface area contributed by atoms with Crippen molar-refractivity contribution < 1.29 is 9.59 Å². The lowest BCUT2D eigenvalue weighted by molar-refractivity contribution is -0.135. The molecule has 1 aromatic carbocycles. The third-order valence-electron chi connectivity index (χ3n) is 8.65. The molecule has 3 heterocycles. The average Bonchev–Trinajstić information content (AvgIpc) is 2.90. The van der Waals surface area contributed by atoms with E-state index in [1.165, 1.54) is 19.3 Å². The number of fused-ring (bicyclic) bond motifs is 3. The van der Waals surface area contributed by atoms with Gasteiger partial charge in [0.1, 0.15) is 0 Å². The summed E-state index contributed by atoms with van der Waals surface area (Å²) in [5.74, 6) is 1.04. The van der Waals surface area contributed by atoms with Gasteiger partial charge in [-0.05, 0) is 56.8 Å². The van der Waals surface area contributed by atoms with E-state index >= 15 is 0 Å². The molecular formula is C30H49N5O2. The van der Waals surface area contributed by atoms with Crippen molar-refractivity contribution in [2.24, 2.45) is 5.92 Å². The molecule has 2 atom stereocenters. The summed E-state index contributed by atoms with van der Waals surface area (Å²) < 4.78 is 0. The number of piperidine rings is 1. The molecule has 206 valence electrons. The Morgan fingerprint density at radius 2 is 1.68 bits per heavy atom. The molecule has 0 spiro atoms. The third kappa shape index (κ3) is 7.33. The molecule has 37 heavy (non-hydrogen) atoms. The maximum Gasteiger partial charge on any atom is 0.237 e. The first-order valence-electron chi connectivity index (χ1n) is 14.7. The zero-order valence-electron chi connectivity index (χ0n) is 23.7. The highest BCUT2D eigenvalue weighted by atomic mass is 16.2. The number of rotatable bonds is 6. The molecule has 2 fully saturated rings. The van der Waals surface area contributed by atoms with Gasteiger partial charge in [-0.3, -0.25) is 19.4 Å². The number of hydrogen-bond acceptors (Lipinski definition) is 5. The van der Waals surface area contributed by atoms with E-state index in [9.17, 15) is 9.59 Å². The van der Waals surface area contributed by atoms with Gasteiger partial charge in [0.05, 0.1) is 6.54 Å². The number of likely N-dealkylation sites (N-methyl/N-ethyl adjacent to an activating group) is 1. The number of hydrogen-bond donors (Lipinski definition) is 0. The molecule has 3 aliphatic rings. The molecular weight excluding hydrogens is 462 g/mol. The number of amides is 2.